The molecule has 1 heterocycles. The predicted octanol–water partition coefficient (Wildman–Crippen LogP) is 3.13. The average molecular weight is 352 g/mol. The van der Waals surface area contributed by atoms with Crippen LogP contribution in [0.3, 0.4) is 0 Å². The Kier molecular flexibility index (Phi) is 4.65. The van der Waals surface area contributed by atoms with Crippen LogP contribution in [0, 0.1) is 20.2 Å². The van der Waals surface area contributed by atoms with E-state index in [1.807, 2.05) is 35.0 Å². The fourth-order valence-electron chi connectivity index (χ4n) is 2.20. The molecule has 130 valence electrons. The number of nitrogens with one attached hydrogen (secondary N) is 1. The maximum Gasteiger partial charge on any atom is 0.301 e. The number of anilines is 1. The molecule has 3 rings (SSSR count). The second-order valence-electron chi connectivity index (χ2n) is 5.15. The number of imidazole rings is 1. The van der Waals surface area contributed by atoms with Crippen molar-refractivity contribution >= 4 is 23.3 Å². The van der Waals surface area contributed by atoms with Crippen molar-refractivity contribution in [2.75, 3.05) is 5.43 Å². The standard InChI is InChI=1S/C16H12N6O4/c23-21(24)14-5-6-15(16(9-14)22(25)26)19-18-10-12-1-3-13(4-2-12)20-8-7-17-11-20/h1-11,19H/b18-10-. The van der Waals surface area contributed by atoms with E-state index in [0.29, 0.717) is 0 Å². The first-order valence-corrected chi connectivity index (χ1v) is 7.35. The number of nitrogens with zero attached hydrogens (tertiary/aromatic N) is 5. The number of hydrazone groups is 1. The van der Waals surface area contributed by atoms with E-state index in [-0.39, 0.29) is 11.4 Å². The summed E-state index contributed by atoms with van der Waals surface area (Å²) in [6.07, 6.45) is 6.66. The quantitative estimate of drug-likeness (QED) is 0.412. The monoisotopic (exact) mass is 352 g/mol. The van der Waals surface area contributed by atoms with Gasteiger partial charge in [-0.2, -0.15) is 5.10 Å². The van der Waals surface area contributed by atoms with Gasteiger partial charge in [0, 0.05) is 24.1 Å². The number of hydrogen-bond donors (Lipinski definition) is 1. The molecule has 0 saturated carbocycles. The summed E-state index contributed by atoms with van der Waals surface area (Å²) in [6, 6.07) is 10.7. The Bertz CT molecular complexity index is 967. The van der Waals surface area contributed by atoms with Gasteiger partial charge in [-0.3, -0.25) is 25.7 Å². The Hall–Kier alpha value is -4.08. The molecule has 0 fully saturated rings. The third-order valence-corrected chi connectivity index (χ3v) is 3.48. The van der Waals surface area contributed by atoms with Gasteiger partial charge in [-0.25, -0.2) is 4.98 Å². The second kappa shape index (κ2) is 7.21. The number of benzene rings is 2. The molecule has 3 aromatic rings. The SMILES string of the molecule is O=[N+]([O-])c1ccc(N/N=C\c2ccc(-n3ccnc3)cc2)c([N+](=O)[O-])c1. The van der Waals surface area contributed by atoms with Crippen molar-refractivity contribution in [1.82, 2.24) is 9.55 Å². The molecule has 0 radical (unpaired) electrons. The summed E-state index contributed by atoms with van der Waals surface area (Å²) in [4.78, 5) is 24.4. The van der Waals surface area contributed by atoms with E-state index in [2.05, 4.69) is 15.5 Å². The maximum absolute atomic E-state index is 11.1. The molecular weight excluding hydrogens is 340 g/mol. The first kappa shape index (κ1) is 16.8. The molecule has 0 aliphatic rings. The number of nitro groups is 2. The molecule has 1 N–H and O–H groups in total. The zero-order chi connectivity index (χ0) is 18.5. The van der Waals surface area contributed by atoms with E-state index in [9.17, 15) is 20.2 Å². The van der Waals surface area contributed by atoms with Gasteiger partial charge in [0.2, 0.25) is 0 Å². The molecule has 0 saturated heterocycles. The van der Waals surface area contributed by atoms with Crippen LogP contribution in [-0.4, -0.2) is 25.6 Å². The summed E-state index contributed by atoms with van der Waals surface area (Å²) in [5.41, 5.74) is 3.52. The molecule has 0 aliphatic carbocycles. The fraction of sp³-hybridized carbons (Fsp3) is 0. The highest BCUT2D eigenvalue weighted by atomic mass is 16.6. The number of aromatic nitrogens is 2. The summed E-state index contributed by atoms with van der Waals surface area (Å²) in [7, 11) is 0. The van der Waals surface area contributed by atoms with Crippen LogP contribution >= 0.6 is 0 Å². The Balaban J connectivity index is 1.74. The molecule has 10 heteroatoms. The zero-order valence-electron chi connectivity index (χ0n) is 13.2. The van der Waals surface area contributed by atoms with Crippen LogP contribution in [-0.2, 0) is 0 Å². The van der Waals surface area contributed by atoms with Gasteiger partial charge in [0.1, 0.15) is 5.69 Å². The predicted molar refractivity (Wildman–Crippen MR) is 94.5 cm³/mol. The molecule has 1 aromatic heterocycles. The summed E-state index contributed by atoms with van der Waals surface area (Å²) in [5.74, 6) is 0. The van der Waals surface area contributed by atoms with Gasteiger partial charge < -0.3 is 4.57 Å². The fourth-order valence-corrected chi connectivity index (χ4v) is 2.20. The van der Waals surface area contributed by atoms with Crippen LogP contribution < -0.4 is 5.43 Å². The van der Waals surface area contributed by atoms with Gasteiger partial charge in [-0.1, -0.05) is 12.1 Å². The highest BCUT2D eigenvalue weighted by Crippen LogP contribution is 2.28. The van der Waals surface area contributed by atoms with Crippen LogP contribution in [0.4, 0.5) is 17.1 Å². The highest BCUT2D eigenvalue weighted by molar-refractivity contribution is 5.81. The van der Waals surface area contributed by atoms with E-state index in [0.717, 1.165) is 17.3 Å². The smallest absolute Gasteiger partial charge is 0.301 e. The molecule has 0 amide bonds. The summed E-state index contributed by atoms with van der Waals surface area (Å²) in [5, 5.41) is 25.7. The lowest BCUT2D eigenvalue weighted by Crippen LogP contribution is -1.98. The summed E-state index contributed by atoms with van der Waals surface area (Å²) in [6.45, 7) is 0. The van der Waals surface area contributed by atoms with Gasteiger partial charge in [0.05, 0.1) is 28.5 Å². The van der Waals surface area contributed by atoms with Crippen molar-refractivity contribution in [3.8, 4) is 5.69 Å². The van der Waals surface area contributed by atoms with Crippen molar-refractivity contribution in [3.63, 3.8) is 0 Å². The van der Waals surface area contributed by atoms with Crippen LogP contribution in [0.25, 0.3) is 5.69 Å². The van der Waals surface area contributed by atoms with Crippen molar-refractivity contribution < 1.29 is 9.85 Å². The van der Waals surface area contributed by atoms with Gasteiger partial charge >= 0.3 is 5.69 Å². The van der Waals surface area contributed by atoms with Gasteiger partial charge in [0.15, 0.2) is 0 Å². The summed E-state index contributed by atoms with van der Waals surface area (Å²) < 4.78 is 1.85. The molecule has 0 aliphatic heterocycles. The normalized spacial score (nSPS) is 10.8. The topological polar surface area (TPSA) is 128 Å². The largest absolute Gasteiger partial charge is 0.306 e. The van der Waals surface area contributed by atoms with E-state index < -0.39 is 15.5 Å². The minimum absolute atomic E-state index is 0.0619. The molecular formula is C16H12N6O4. The van der Waals surface area contributed by atoms with Gasteiger partial charge in [-0.05, 0) is 23.8 Å². The third-order valence-electron chi connectivity index (χ3n) is 3.48. The average Bonchev–Trinajstić information content (AvgIpc) is 3.17. The Morgan fingerprint density at radius 3 is 2.46 bits per heavy atom. The number of non-ortho nitro benzene ring substituents is 1. The minimum atomic E-state index is -0.704. The van der Waals surface area contributed by atoms with E-state index >= 15 is 0 Å². The molecule has 0 bridgehead atoms. The van der Waals surface area contributed by atoms with Gasteiger partial charge in [0.25, 0.3) is 5.69 Å². The van der Waals surface area contributed by atoms with Crippen LogP contribution in [0.15, 0.2) is 66.3 Å². The lowest BCUT2D eigenvalue weighted by molar-refractivity contribution is -0.393. The number of hydrogen-bond acceptors (Lipinski definition) is 7. The van der Waals surface area contributed by atoms with Crippen molar-refractivity contribution in [1.29, 1.82) is 0 Å². The van der Waals surface area contributed by atoms with Gasteiger partial charge in [-0.15, -0.1) is 0 Å². The lowest BCUT2D eigenvalue weighted by Gasteiger charge is -2.03. The lowest BCUT2D eigenvalue weighted by atomic mass is 10.2. The molecule has 0 atom stereocenters. The molecule has 2 aromatic carbocycles. The second-order valence-corrected chi connectivity index (χ2v) is 5.15. The van der Waals surface area contributed by atoms with Crippen LogP contribution in [0.1, 0.15) is 5.56 Å². The van der Waals surface area contributed by atoms with Crippen molar-refractivity contribution in [3.05, 3.63) is 87.0 Å². The Morgan fingerprint density at radius 2 is 1.85 bits per heavy atom. The first-order valence-electron chi connectivity index (χ1n) is 7.35. The minimum Gasteiger partial charge on any atom is -0.306 e. The van der Waals surface area contributed by atoms with Crippen molar-refractivity contribution in [2.24, 2.45) is 5.10 Å². The number of rotatable bonds is 6. The third kappa shape index (κ3) is 3.70. The molecule has 26 heavy (non-hydrogen) atoms. The van der Waals surface area contributed by atoms with E-state index in [1.54, 1.807) is 12.5 Å². The van der Waals surface area contributed by atoms with Crippen molar-refractivity contribution in [2.45, 2.75) is 0 Å². The molecule has 10 nitrogen and oxygen atoms in total. The van der Waals surface area contributed by atoms with E-state index in [1.165, 1.54) is 18.3 Å². The molecule has 0 unspecified atom stereocenters. The number of nitro benzene ring substituents is 2. The Labute approximate surface area is 146 Å². The highest BCUT2D eigenvalue weighted by Gasteiger charge is 2.18. The van der Waals surface area contributed by atoms with Crippen LogP contribution in [0.5, 0.6) is 0 Å². The maximum atomic E-state index is 11.1. The Morgan fingerprint density at radius 1 is 1.08 bits per heavy atom. The zero-order valence-corrected chi connectivity index (χ0v) is 13.2. The first-order chi connectivity index (χ1) is 12.5. The van der Waals surface area contributed by atoms with E-state index in [4.69, 9.17) is 0 Å². The molecule has 0 spiro atoms. The van der Waals surface area contributed by atoms with Crippen LogP contribution in [0.2, 0.25) is 0 Å². The summed E-state index contributed by atoms with van der Waals surface area (Å²) >= 11 is 0.